The molecule has 2 rings (SSSR count). The van der Waals surface area contributed by atoms with Gasteiger partial charge in [-0.25, -0.2) is 0 Å². The van der Waals surface area contributed by atoms with Gasteiger partial charge in [0, 0.05) is 6.54 Å². The van der Waals surface area contributed by atoms with Gasteiger partial charge in [-0.2, -0.15) is 0 Å². The Balaban J connectivity index is 2.31. The second kappa shape index (κ2) is 6.12. The number of hydrogen-bond acceptors (Lipinski definition) is 3. The van der Waals surface area contributed by atoms with Crippen molar-refractivity contribution in [2.45, 2.75) is 39.8 Å². The molecule has 1 aromatic carbocycles. The smallest absolute Gasteiger partial charge is 0.290 e. The third-order valence-corrected chi connectivity index (χ3v) is 3.70. The van der Waals surface area contributed by atoms with E-state index in [4.69, 9.17) is 0 Å². The Morgan fingerprint density at radius 1 is 1.29 bits per heavy atom. The van der Waals surface area contributed by atoms with Crippen LogP contribution in [0.5, 0.6) is 0 Å². The van der Waals surface area contributed by atoms with Crippen molar-refractivity contribution >= 4 is 11.7 Å². The zero-order chi connectivity index (χ0) is 15.6. The standard InChI is InChI=1S/C17H21NO3/c1-11(2)9-14-15(12(3)19)16(20)17(21)18(14)10-13-7-5-4-6-8-13/h4-8,11,14,20H,9-10H2,1-3H3. The summed E-state index contributed by atoms with van der Waals surface area (Å²) in [6.07, 6.45) is 0.664. The summed E-state index contributed by atoms with van der Waals surface area (Å²) >= 11 is 0. The zero-order valence-corrected chi connectivity index (χ0v) is 12.7. The molecule has 112 valence electrons. The molecule has 1 heterocycles. The van der Waals surface area contributed by atoms with Gasteiger partial charge < -0.3 is 10.0 Å². The van der Waals surface area contributed by atoms with Crippen molar-refractivity contribution < 1.29 is 14.7 Å². The van der Waals surface area contributed by atoms with Crippen molar-refractivity contribution in [3.8, 4) is 0 Å². The SMILES string of the molecule is CC(=O)C1=C(O)C(=O)N(Cc2ccccc2)C1CC(C)C. The Morgan fingerprint density at radius 2 is 1.90 bits per heavy atom. The first-order valence-electron chi connectivity index (χ1n) is 7.20. The van der Waals surface area contributed by atoms with Crippen LogP contribution in [0.2, 0.25) is 0 Å². The van der Waals surface area contributed by atoms with Crippen molar-refractivity contribution in [2.24, 2.45) is 5.92 Å². The van der Waals surface area contributed by atoms with E-state index in [2.05, 4.69) is 0 Å². The van der Waals surface area contributed by atoms with Crippen molar-refractivity contribution in [1.82, 2.24) is 4.90 Å². The number of aliphatic hydroxyl groups is 1. The lowest BCUT2D eigenvalue weighted by molar-refractivity contribution is -0.130. The summed E-state index contributed by atoms with van der Waals surface area (Å²) in [6, 6.07) is 9.26. The second-order valence-electron chi connectivity index (χ2n) is 5.88. The summed E-state index contributed by atoms with van der Waals surface area (Å²) in [5.41, 5.74) is 1.24. The molecule has 0 bridgehead atoms. The zero-order valence-electron chi connectivity index (χ0n) is 12.7. The van der Waals surface area contributed by atoms with Crippen LogP contribution in [0, 0.1) is 5.92 Å². The molecule has 0 spiro atoms. The number of nitrogens with zero attached hydrogens (tertiary/aromatic N) is 1. The highest BCUT2D eigenvalue weighted by atomic mass is 16.3. The Bertz CT molecular complexity index is 575. The molecule has 1 amide bonds. The van der Waals surface area contributed by atoms with Gasteiger partial charge in [-0.15, -0.1) is 0 Å². The number of rotatable bonds is 5. The lowest BCUT2D eigenvalue weighted by Crippen LogP contribution is -2.37. The molecule has 4 nitrogen and oxygen atoms in total. The number of ketones is 1. The molecule has 1 aromatic rings. The molecule has 1 aliphatic heterocycles. The largest absolute Gasteiger partial charge is 0.503 e. The van der Waals surface area contributed by atoms with E-state index < -0.39 is 5.91 Å². The lowest BCUT2D eigenvalue weighted by atomic mass is 9.95. The van der Waals surface area contributed by atoms with Crippen LogP contribution in [0.1, 0.15) is 32.8 Å². The number of benzene rings is 1. The third-order valence-electron chi connectivity index (χ3n) is 3.70. The van der Waals surface area contributed by atoms with Gasteiger partial charge in [0.05, 0.1) is 11.6 Å². The Labute approximate surface area is 125 Å². The maximum Gasteiger partial charge on any atom is 0.290 e. The minimum absolute atomic E-state index is 0.234. The minimum atomic E-state index is -0.449. The monoisotopic (exact) mass is 287 g/mol. The molecule has 1 unspecified atom stereocenters. The number of Topliss-reactive ketones (excluding diaryl/α,β-unsaturated/α-hetero) is 1. The third kappa shape index (κ3) is 3.15. The molecule has 1 N–H and O–H groups in total. The van der Waals surface area contributed by atoms with Crippen LogP contribution in [-0.2, 0) is 16.1 Å². The molecule has 0 aliphatic carbocycles. The van der Waals surface area contributed by atoms with Crippen LogP contribution in [0.4, 0.5) is 0 Å². The first-order valence-corrected chi connectivity index (χ1v) is 7.20. The van der Waals surface area contributed by atoms with E-state index in [1.165, 1.54) is 6.92 Å². The number of aliphatic hydroxyl groups excluding tert-OH is 1. The molecular formula is C17H21NO3. The fourth-order valence-corrected chi connectivity index (χ4v) is 2.76. The van der Waals surface area contributed by atoms with E-state index in [1.54, 1.807) is 4.90 Å². The molecule has 4 heteroatoms. The van der Waals surface area contributed by atoms with Gasteiger partial charge in [-0.05, 0) is 24.8 Å². The summed E-state index contributed by atoms with van der Waals surface area (Å²) < 4.78 is 0. The molecule has 0 saturated heterocycles. The van der Waals surface area contributed by atoms with Gasteiger partial charge in [0.15, 0.2) is 11.5 Å². The lowest BCUT2D eigenvalue weighted by Gasteiger charge is -2.27. The van der Waals surface area contributed by atoms with Gasteiger partial charge >= 0.3 is 0 Å². The predicted molar refractivity (Wildman–Crippen MR) is 80.6 cm³/mol. The minimum Gasteiger partial charge on any atom is -0.503 e. The van der Waals surface area contributed by atoms with E-state index in [1.807, 2.05) is 44.2 Å². The Morgan fingerprint density at radius 3 is 2.43 bits per heavy atom. The highest BCUT2D eigenvalue weighted by Crippen LogP contribution is 2.31. The van der Waals surface area contributed by atoms with E-state index >= 15 is 0 Å². The molecule has 1 atom stereocenters. The average molecular weight is 287 g/mol. The molecule has 0 radical (unpaired) electrons. The fraction of sp³-hybridized carbons (Fsp3) is 0.412. The van der Waals surface area contributed by atoms with Gasteiger partial charge in [-0.3, -0.25) is 9.59 Å². The van der Waals surface area contributed by atoms with Crippen LogP contribution in [-0.4, -0.2) is 27.7 Å². The number of carbonyl (C=O) groups is 2. The normalized spacial score (nSPS) is 18.8. The van der Waals surface area contributed by atoms with Crippen molar-refractivity contribution in [2.75, 3.05) is 0 Å². The second-order valence-corrected chi connectivity index (χ2v) is 5.88. The summed E-state index contributed by atoms with van der Waals surface area (Å²) in [5, 5.41) is 10.0. The summed E-state index contributed by atoms with van der Waals surface area (Å²) in [4.78, 5) is 25.7. The summed E-state index contributed by atoms with van der Waals surface area (Å²) in [7, 11) is 0. The van der Waals surface area contributed by atoms with E-state index in [0.29, 0.717) is 18.9 Å². The predicted octanol–water partition coefficient (Wildman–Crippen LogP) is 2.84. The van der Waals surface area contributed by atoms with Gasteiger partial charge in [0.25, 0.3) is 5.91 Å². The van der Waals surface area contributed by atoms with Crippen LogP contribution in [0.15, 0.2) is 41.7 Å². The van der Waals surface area contributed by atoms with Crippen molar-refractivity contribution in [3.05, 3.63) is 47.2 Å². The highest BCUT2D eigenvalue weighted by Gasteiger charge is 2.41. The number of amides is 1. The van der Waals surface area contributed by atoms with Gasteiger partial charge in [0.2, 0.25) is 0 Å². The van der Waals surface area contributed by atoms with Crippen molar-refractivity contribution in [3.63, 3.8) is 0 Å². The van der Waals surface area contributed by atoms with E-state index in [0.717, 1.165) is 5.56 Å². The first kappa shape index (κ1) is 15.3. The highest BCUT2D eigenvalue weighted by molar-refractivity contribution is 6.07. The molecule has 0 saturated carbocycles. The quantitative estimate of drug-likeness (QED) is 0.906. The number of carbonyl (C=O) groups excluding carboxylic acids is 2. The topological polar surface area (TPSA) is 57.6 Å². The van der Waals surface area contributed by atoms with Gasteiger partial charge in [-0.1, -0.05) is 44.2 Å². The van der Waals surface area contributed by atoms with E-state index in [-0.39, 0.29) is 23.2 Å². The van der Waals surface area contributed by atoms with Crippen molar-refractivity contribution in [1.29, 1.82) is 0 Å². The number of hydrogen-bond donors (Lipinski definition) is 1. The van der Waals surface area contributed by atoms with Crippen LogP contribution in [0.3, 0.4) is 0 Å². The molecule has 21 heavy (non-hydrogen) atoms. The molecular weight excluding hydrogens is 266 g/mol. The molecule has 1 aliphatic rings. The van der Waals surface area contributed by atoms with Crippen LogP contribution < -0.4 is 0 Å². The summed E-state index contributed by atoms with van der Waals surface area (Å²) in [6.45, 7) is 5.88. The van der Waals surface area contributed by atoms with E-state index in [9.17, 15) is 14.7 Å². The van der Waals surface area contributed by atoms with Gasteiger partial charge in [0.1, 0.15) is 0 Å². The molecule has 0 aromatic heterocycles. The average Bonchev–Trinajstić information content (AvgIpc) is 2.64. The molecule has 0 fully saturated rings. The first-order chi connectivity index (χ1) is 9.91. The maximum atomic E-state index is 12.3. The fourth-order valence-electron chi connectivity index (χ4n) is 2.76. The maximum absolute atomic E-state index is 12.3. The van der Waals surface area contributed by atoms with Crippen LogP contribution in [0.25, 0.3) is 0 Å². The van der Waals surface area contributed by atoms with Crippen LogP contribution >= 0.6 is 0 Å². The Kier molecular flexibility index (Phi) is 4.46. The Hall–Kier alpha value is -2.10. The summed E-state index contributed by atoms with van der Waals surface area (Å²) in [5.74, 6) is -0.748.